The van der Waals surface area contributed by atoms with Gasteiger partial charge in [0, 0.05) is 37.8 Å². The molecule has 1 amide bonds. The Morgan fingerprint density at radius 3 is 2.82 bits per heavy atom. The molecule has 1 N–H and O–H groups in total. The number of amides is 1. The van der Waals surface area contributed by atoms with Crippen molar-refractivity contribution in [3.8, 4) is 0 Å². The predicted molar refractivity (Wildman–Crippen MR) is 159 cm³/mol. The van der Waals surface area contributed by atoms with Gasteiger partial charge < -0.3 is 5.32 Å². The lowest BCUT2D eigenvalue weighted by Crippen LogP contribution is -2.54. The molecule has 3 fully saturated rings. The van der Waals surface area contributed by atoms with E-state index in [4.69, 9.17) is 28.3 Å². The molecule has 5 unspecified atom stereocenters. The molecule has 3 saturated carbocycles. The van der Waals surface area contributed by atoms with Crippen LogP contribution in [0.3, 0.4) is 0 Å². The summed E-state index contributed by atoms with van der Waals surface area (Å²) in [6, 6.07) is 8.04. The Labute approximate surface area is 245 Å². The zero-order chi connectivity index (χ0) is 27.1. The Kier molecular flexibility index (Phi) is 6.45. The third-order valence-corrected chi connectivity index (χ3v) is 12.4. The first kappa shape index (κ1) is 26.1. The fraction of sp³-hybridized carbons (Fsp3) is 0.562. The van der Waals surface area contributed by atoms with Crippen LogP contribution < -0.4 is 5.32 Å². The highest BCUT2D eigenvalue weighted by Crippen LogP contribution is 2.61. The molecule has 4 nitrogen and oxygen atoms in total. The van der Waals surface area contributed by atoms with Crippen molar-refractivity contribution in [3.05, 3.63) is 72.1 Å². The first-order chi connectivity index (χ1) is 18.7. The van der Waals surface area contributed by atoms with Gasteiger partial charge in [0.15, 0.2) is 5.69 Å². The number of benzene rings is 1. The molecule has 0 radical (unpaired) electrons. The van der Waals surface area contributed by atoms with Crippen LogP contribution in [0.15, 0.2) is 24.3 Å². The van der Waals surface area contributed by atoms with Gasteiger partial charge in [-0.15, -0.1) is 11.3 Å². The Morgan fingerprint density at radius 2 is 2.05 bits per heavy atom. The summed E-state index contributed by atoms with van der Waals surface area (Å²) in [7, 11) is 0. The van der Waals surface area contributed by atoms with E-state index in [2.05, 4.69) is 36.8 Å². The van der Waals surface area contributed by atoms with Crippen LogP contribution in [0.2, 0.25) is 10.0 Å². The van der Waals surface area contributed by atoms with E-state index >= 15 is 0 Å². The SMILES string of the molecule is Cc1cc2c(s1)CCCC1Cc3c(C(=O)NCC4CCC5CC4C5(C)C)nn(Cc4ccc(Cl)cc4Cl)c3C21. The van der Waals surface area contributed by atoms with Crippen molar-refractivity contribution < 1.29 is 4.79 Å². The second kappa shape index (κ2) is 9.63. The van der Waals surface area contributed by atoms with Crippen LogP contribution >= 0.6 is 34.5 Å². The number of nitrogens with zero attached hydrogens (tertiary/aromatic N) is 2. The lowest BCUT2D eigenvalue weighted by atomic mass is 9.45. The number of thiophene rings is 1. The van der Waals surface area contributed by atoms with Crippen LogP contribution in [0.1, 0.15) is 94.5 Å². The minimum Gasteiger partial charge on any atom is -0.350 e. The van der Waals surface area contributed by atoms with E-state index in [0.29, 0.717) is 39.5 Å². The average molecular weight is 583 g/mol. The molecule has 2 bridgehead atoms. The first-order valence-electron chi connectivity index (χ1n) is 14.6. The number of halogens is 2. The largest absolute Gasteiger partial charge is 0.350 e. The number of aryl methyl sites for hydroxylation is 2. The van der Waals surface area contributed by atoms with Crippen molar-refractivity contribution in [3.63, 3.8) is 0 Å². The molecule has 5 atom stereocenters. The lowest BCUT2D eigenvalue weighted by Gasteiger charge is -2.60. The minimum absolute atomic E-state index is 0.00959. The van der Waals surface area contributed by atoms with E-state index in [9.17, 15) is 4.79 Å². The summed E-state index contributed by atoms with van der Waals surface area (Å²) in [4.78, 5) is 16.7. The molecular formula is C32H37Cl2N3OS. The van der Waals surface area contributed by atoms with Gasteiger partial charge in [-0.1, -0.05) is 43.1 Å². The summed E-state index contributed by atoms with van der Waals surface area (Å²) in [5, 5.41) is 9.64. The summed E-state index contributed by atoms with van der Waals surface area (Å²) in [5.41, 5.74) is 5.84. The Balaban J connectivity index is 1.23. The number of rotatable bonds is 5. The standard InChI is InChI=1S/C32H37Cl2N3OS/c1-17-11-23-27(39-17)6-4-5-18-12-24-29(31(38)35-15-19-7-9-21-13-25(19)32(21,2)3)36-37(30(24)28(18)23)16-20-8-10-22(33)14-26(20)34/h8,10-11,14,18-19,21,25,28H,4-7,9,12-13,15-16H2,1-3H3,(H,35,38). The summed E-state index contributed by atoms with van der Waals surface area (Å²) < 4.78 is 2.09. The number of carbonyl (C=O) groups is 1. The topological polar surface area (TPSA) is 46.9 Å². The molecule has 5 aliphatic rings. The van der Waals surface area contributed by atoms with Gasteiger partial charge in [0.25, 0.3) is 5.91 Å². The second-order valence-electron chi connectivity index (χ2n) is 13.1. The molecule has 7 heteroatoms. The molecule has 0 aliphatic heterocycles. The lowest BCUT2D eigenvalue weighted by molar-refractivity contribution is -0.103. The van der Waals surface area contributed by atoms with E-state index in [1.807, 2.05) is 23.5 Å². The summed E-state index contributed by atoms with van der Waals surface area (Å²) in [5.74, 6) is 2.94. The van der Waals surface area contributed by atoms with Gasteiger partial charge in [-0.25, -0.2) is 0 Å². The normalized spacial score (nSPS) is 28.2. The fourth-order valence-electron chi connectivity index (χ4n) is 8.53. The predicted octanol–water partition coefficient (Wildman–Crippen LogP) is 8.05. The molecule has 0 spiro atoms. The Morgan fingerprint density at radius 1 is 1.21 bits per heavy atom. The van der Waals surface area contributed by atoms with Gasteiger partial charge in [-0.3, -0.25) is 9.48 Å². The Hall–Kier alpha value is -1.82. The van der Waals surface area contributed by atoms with Gasteiger partial charge >= 0.3 is 0 Å². The van der Waals surface area contributed by atoms with Gasteiger partial charge in [0.1, 0.15) is 0 Å². The molecule has 1 aromatic carbocycles. The third-order valence-electron chi connectivity index (χ3n) is 10.7. The maximum atomic E-state index is 13.8. The summed E-state index contributed by atoms with van der Waals surface area (Å²) in [6.45, 7) is 8.34. The van der Waals surface area contributed by atoms with E-state index in [-0.39, 0.29) is 11.8 Å². The maximum absolute atomic E-state index is 13.8. The smallest absolute Gasteiger partial charge is 0.272 e. The number of carbonyl (C=O) groups excluding carboxylic acids is 1. The molecule has 39 heavy (non-hydrogen) atoms. The average Bonchev–Trinajstić information content (AvgIpc) is 3.53. The van der Waals surface area contributed by atoms with Crippen LogP contribution in [-0.2, 0) is 19.4 Å². The Bertz CT molecular complexity index is 1450. The molecule has 3 aromatic rings. The van der Waals surface area contributed by atoms with Crippen LogP contribution in [0, 0.1) is 36.0 Å². The first-order valence-corrected chi connectivity index (χ1v) is 16.2. The van der Waals surface area contributed by atoms with Crippen LogP contribution in [0.4, 0.5) is 0 Å². The fourth-order valence-corrected chi connectivity index (χ4v) is 10.1. The van der Waals surface area contributed by atoms with Crippen LogP contribution in [0.5, 0.6) is 0 Å². The number of fused-ring (bicyclic) bond motifs is 7. The molecule has 8 rings (SSSR count). The van der Waals surface area contributed by atoms with Gasteiger partial charge in [0.05, 0.1) is 12.2 Å². The number of nitrogens with one attached hydrogen (secondary N) is 1. The molecular weight excluding hydrogens is 545 g/mol. The number of aromatic nitrogens is 2. The molecule has 5 aliphatic carbocycles. The van der Waals surface area contributed by atoms with Crippen molar-refractivity contribution in [1.82, 2.24) is 15.1 Å². The van der Waals surface area contributed by atoms with E-state index in [1.54, 1.807) is 6.07 Å². The van der Waals surface area contributed by atoms with Crippen LogP contribution in [0.25, 0.3) is 0 Å². The molecule has 2 aromatic heterocycles. The monoisotopic (exact) mass is 581 g/mol. The van der Waals surface area contributed by atoms with Crippen molar-refractivity contribution in [1.29, 1.82) is 0 Å². The van der Waals surface area contributed by atoms with Crippen molar-refractivity contribution >= 4 is 40.4 Å². The van der Waals surface area contributed by atoms with Gasteiger partial charge in [-0.2, -0.15) is 5.10 Å². The summed E-state index contributed by atoms with van der Waals surface area (Å²) in [6.07, 6.45) is 8.31. The van der Waals surface area contributed by atoms with Crippen molar-refractivity contribution in [2.24, 2.45) is 29.1 Å². The van der Waals surface area contributed by atoms with E-state index in [1.165, 1.54) is 53.1 Å². The number of hydrogen-bond acceptors (Lipinski definition) is 3. The minimum atomic E-state index is -0.00959. The molecule has 0 saturated heterocycles. The van der Waals surface area contributed by atoms with E-state index < -0.39 is 0 Å². The molecule has 2 heterocycles. The van der Waals surface area contributed by atoms with Crippen LogP contribution in [-0.4, -0.2) is 22.2 Å². The van der Waals surface area contributed by atoms with E-state index in [0.717, 1.165) is 42.3 Å². The summed E-state index contributed by atoms with van der Waals surface area (Å²) >= 11 is 14.8. The maximum Gasteiger partial charge on any atom is 0.272 e. The number of hydrogen-bond donors (Lipinski definition) is 1. The zero-order valence-electron chi connectivity index (χ0n) is 23.0. The molecule has 206 valence electrons. The second-order valence-corrected chi connectivity index (χ2v) is 15.3. The highest BCUT2D eigenvalue weighted by atomic mass is 35.5. The van der Waals surface area contributed by atoms with Crippen molar-refractivity contribution in [2.45, 2.75) is 78.2 Å². The van der Waals surface area contributed by atoms with Crippen molar-refractivity contribution in [2.75, 3.05) is 6.54 Å². The zero-order valence-corrected chi connectivity index (χ0v) is 25.4. The highest BCUT2D eigenvalue weighted by Gasteiger charge is 2.54. The van der Waals surface area contributed by atoms with Gasteiger partial charge in [0.2, 0.25) is 0 Å². The highest BCUT2D eigenvalue weighted by molar-refractivity contribution is 7.12. The third kappa shape index (κ3) is 4.30. The van der Waals surface area contributed by atoms with Gasteiger partial charge in [-0.05, 0) is 110 Å². The quantitative estimate of drug-likeness (QED) is 0.331.